The number of halogens is 1. The number of hydrogen-bond acceptors (Lipinski definition) is 5. The average Bonchev–Trinajstić information content (AvgIpc) is 3.50. The zero-order valence-corrected chi connectivity index (χ0v) is 25.6. The number of rotatable bonds is 13. The van der Waals surface area contributed by atoms with Crippen LogP contribution in [0.25, 0.3) is 0 Å². The Kier molecular flexibility index (Phi) is 10.9. The molecular formula is C32H38ClN3O5S. The number of nitrogens with zero attached hydrogens (tertiary/aromatic N) is 2. The van der Waals surface area contributed by atoms with E-state index in [0.717, 1.165) is 35.6 Å². The van der Waals surface area contributed by atoms with Crippen LogP contribution in [0.3, 0.4) is 0 Å². The van der Waals surface area contributed by atoms with Gasteiger partial charge in [0.2, 0.25) is 11.8 Å². The molecule has 0 saturated heterocycles. The third-order valence-electron chi connectivity index (χ3n) is 7.47. The van der Waals surface area contributed by atoms with Crippen LogP contribution in [-0.2, 0) is 26.0 Å². The van der Waals surface area contributed by atoms with Gasteiger partial charge in [-0.2, -0.15) is 0 Å². The summed E-state index contributed by atoms with van der Waals surface area (Å²) in [7, 11) is -4.17. The summed E-state index contributed by atoms with van der Waals surface area (Å²) in [4.78, 5) is 28.8. The molecule has 42 heavy (non-hydrogen) atoms. The predicted octanol–water partition coefficient (Wildman–Crippen LogP) is 5.45. The van der Waals surface area contributed by atoms with Crippen molar-refractivity contribution in [1.29, 1.82) is 0 Å². The van der Waals surface area contributed by atoms with Crippen LogP contribution in [0.1, 0.15) is 45.1 Å². The zero-order valence-electron chi connectivity index (χ0n) is 24.0. The number of ether oxygens (including phenoxy) is 1. The van der Waals surface area contributed by atoms with Gasteiger partial charge in [-0.1, -0.05) is 54.8 Å². The fraction of sp³-hybridized carbons (Fsp3) is 0.375. The van der Waals surface area contributed by atoms with Gasteiger partial charge in [0.1, 0.15) is 18.3 Å². The lowest BCUT2D eigenvalue weighted by molar-refractivity contribution is -0.139. The van der Waals surface area contributed by atoms with Crippen molar-refractivity contribution in [3.63, 3.8) is 0 Å². The third-order valence-corrected chi connectivity index (χ3v) is 9.51. The lowest BCUT2D eigenvalue weighted by Crippen LogP contribution is -2.53. The number of benzene rings is 3. The number of amides is 2. The number of nitrogens with one attached hydrogen (secondary N) is 1. The monoisotopic (exact) mass is 611 g/mol. The molecule has 0 heterocycles. The van der Waals surface area contributed by atoms with E-state index in [1.165, 1.54) is 29.2 Å². The van der Waals surface area contributed by atoms with Crippen molar-refractivity contribution in [2.75, 3.05) is 24.0 Å². The van der Waals surface area contributed by atoms with Crippen LogP contribution in [-0.4, -0.2) is 56.9 Å². The lowest BCUT2D eigenvalue weighted by atomic mass is 10.1. The summed E-state index contributed by atoms with van der Waals surface area (Å²) in [6.07, 6.45) is 4.48. The summed E-state index contributed by atoms with van der Waals surface area (Å²) in [5.41, 5.74) is 1.31. The van der Waals surface area contributed by atoms with E-state index in [0.29, 0.717) is 29.5 Å². The highest BCUT2D eigenvalue weighted by atomic mass is 35.5. The van der Waals surface area contributed by atoms with Crippen LogP contribution in [0.4, 0.5) is 5.69 Å². The first-order valence-electron chi connectivity index (χ1n) is 14.3. The Hall–Kier alpha value is -3.56. The number of hydrogen-bond donors (Lipinski definition) is 1. The van der Waals surface area contributed by atoms with Gasteiger partial charge in [-0.3, -0.25) is 13.9 Å². The molecule has 3 aromatic carbocycles. The first kappa shape index (κ1) is 31.4. The second kappa shape index (κ2) is 14.6. The van der Waals surface area contributed by atoms with Gasteiger partial charge in [0.25, 0.3) is 10.0 Å². The van der Waals surface area contributed by atoms with Crippen LogP contribution in [0.2, 0.25) is 5.02 Å². The average molecular weight is 612 g/mol. The summed E-state index contributed by atoms with van der Waals surface area (Å²) in [5.74, 6) is -0.138. The molecule has 0 spiro atoms. The van der Waals surface area contributed by atoms with Crippen LogP contribution in [0.15, 0.2) is 83.8 Å². The minimum atomic E-state index is -4.17. The highest BCUT2D eigenvalue weighted by molar-refractivity contribution is 7.92. The minimum absolute atomic E-state index is 0.00329. The summed E-state index contributed by atoms with van der Waals surface area (Å²) in [6, 6.07) is 21.3. The van der Waals surface area contributed by atoms with Crippen LogP contribution < -0.4 is 14.4 Å². The maximum atomic E-state index is 14.0. The smallest absolute Gasteiger partial charge is 0.264 e. The van der Waals surface area contributed by atoms with Crippen molar-refractivity contribution < 1.29 is 22.7 Å². The molecule has 224 valence electrons. The van der Waals surface area contributed by atoms with E-state index in [2.05, 4.69) is 5.32 Å². The molecule has 4 rings (SSSR count). The Labute approximate surface area is 253 Å². The molecule has 0 aromatic heterocycles. The van der Waals surface area contributed by atoms with Gasteiger partial charge in [0, 0.05) is 17.6 Å². The summed E-state index contributed by atoms with van der Waals surface area (Å²) < 4.78 is 34.5. The molecule has 1 saturated carbocycles. The highest BCUT2D eigenvalue weighted by Gasteiger charge is 2.33. The van der Waals surface area contributed by atoms with Crippen LogP contribution >= 0.6 is 11.6 Å². The standard InChI is InChI=1S/C32H38ClN3O5S/c1-3-41-29-17-15-28(16-18-29)36(42(39,40)30-19-13-26(33)14-20-30)23-31(37)35(22-21-25-9-5-4-6-10-25)24(2)32(38)34-27-11-7-8-12-27/h4-6,9-10,13-20,24,27H,3,7-8,11-12,21-23H2,1-2H3,(H,34,38)/t24-/m0/s1. The van der Waals surface area contributed by atoms with Crippen molar-refractivity contribution >= 4 is 39.1 Å². The second-order valence-corrected chi connectivity index (χ2v) is 12.7. The molecule has 1 fully saturated rings. The minimum Gasteiger partial charge on any atom is -0.494 e. The Balaban J connectivity index is 1.64. The van der Waals surface area contributed by atoms with E-state index in [1.807, 2.05) is 37.3 Å². The van der Waals surface area contributed by atoms with Crippen molar-refractivity contribution in [2.45, 2.75) is 62.9 Å². The number of anilines is 1. The molecule has 8 nitrogen and oxygen atoms in total. The second-order valence-electron chi connectivity index (χ2n) is 10.4. The van der Waals surface area contributed by atoms with Crippen LogP contribution in [0.5, 0.6) is 5.75 Å². The van der Waals surface area contributed by atoms with E-state index in [9.17, 15) is 18.0 Å². The third kappa shape index (κ3) is 8.04. The molecule has 1 aliphatic carbocycles. The Morgan fingerprint density at radius 2 is 1.62 bits per heavy atom. The van der Waals surface area contributed by atoms with Crippen molar-refractivity contribution in [1.82, 2.24) is 10.2 Å². The van der Waals surface area contributed by atoms with Gasteiger partial charge in [-0.25, -0.2) is 8.42 Å². The molecule has 0 bridgehead atoms. The molecule has 0 radical (unpaired) electrons. The summed E-state index contributed by atoms with van der Waals surface area (Å²) in [5, 5.41) is 3.48. The molecular weight excluding hydrogens is 574 g/mol. The lowest BCUT2D eigenvalue weighted by Gasteiger charge is -2.32. The Morgan fingerprint density at radius 1 is 0.976 bits per heavy atom. The summed E-state index contributed by atoms with van der Waals surface area (Å²) >= 11 is 6.02. The van der Waals surface area contributed by atoms with E-state index in [1.54, 1.807) is 31.2 Å². The maximum Gasteiger partial charge on any atom is 0.264 e. The van der Waals surface area contributed by atoms with Crippen molar-refractivity contribution in [3.8, 4) is 5.75 Å². The SMILES string of the molecule is CCOc1ccc(N(CC(=O)N(CCc2ccccc2)[C@@H](C)C(=O)NC2CCCC2)S(=O)(=O)c2ccc(Cl)cc2)cc1. The van der Waals surface area contributed by atoms with Gasteiger partial charge in [0.15, 0.2) is 0 Å². The van der Waals surface area contributed by atoms with Crippen molar-refractivity contribution in [3.05, 3.63) is 89.4 Å². The molecule has 2 amide bonds. The van der Waals surface area contributed by atoms with Gasteiger partial charge in [-0.05, 0) is 87.2 Å². The Bertz CT molecular complexity index is 1430. The van der Waals surface area contributed by atoms with Gasteiger partial charge in [-0.15, -0.1) is 0 Å². The largest absolute Gasteiger partial charge is 0.494 e. The van der Waals surface area contributed by atoms with Gasteiger partial charge < -0.3 is 15.0 Å². The summed E-state index contributed by atoms with van der Waals surface area (Å²) in [6.45, 7) is 3.77. The fourth-order valence-corrected chi connectivity index (χ4v) is 6.64. The number of carbonyl (C=O) groups excluding carboxylic acids is 2. The molecule has 0 unspecified atom stereocenters. The molecule has 1 aliphatic rings. The highest BCUT2D eigenvalue weighted by Crippen LogP contribution is 2.27. The van der Waals surface area contributed by atoms with Gasteiger partial charge >= 0.3 is 0 Å². The van der Waals surface area contributed by atoms with E-state index in [-0.39, 0.29) is 23.4 Å². The number of sulfonamides is 1. The van der Waals surface area contributed by atoms with Crippen LogP contribution in [0, 0.1) is 0 Å². The Morgan fingerprint density at radius 3 is 2.24 bits per heavy atom. The first-order chi connectivity index (χ1) is 20.2. The molecule has 1 atom stereocenters. The number of carbonyl (C=O) groups is 2. The van der Waals surface area contributed by atoms with Gasteiger partial charge in [0.05, 0.1) is 17.2 Å². The first-order valence-corrected chi connectivity index (χ1v) is 16.2. The van der Waals surface area contributed by atoms with E-state index in [4.69, 9.17) is 16.3 Å². The zero-order chi connectivity index (χ0) is 30.1. The molecule has 0 aliphatic heterocycles. The maximum absolute atomic E-state index is 14.0. The quantitative estimate of drug-likeness (QED) is 0.277. The molecule has 1 N–H and O–H groups in total. The molecule has 3 aromatic rings. The topological polar surface area (TPSA) is 96.0 Å². The predicted molar refractivity (Wildman–Crippen MR) is 165 cm³/mol. The normalized spacial score (nSPS) is 14.3. The molecule has 10 heteroatoms. The van der Waals surface area contributed by atoms with Crippen molar-refractivity contribution in [2.24, 2.45) is 0 Å². The van der Waals surface area contributed by atoms with E-state index < -0.39 is 28.5 Å². The fourth-order valence-electron chi connectivity index (χ4n) is 5.10. The van der Waals surface area contributed by atoms with E-state index >= 15 is 0 Å².